The van der Waals surface area contributed by atoms with E-state index in [1.165, 1.54) is 0 Å². The molecule has 0 unspecified atom stereocenters. The number of ether oxygens (including phenoxy) is 2. The zero-order valence-electron chi connectivity index (χ0n) is 18.3. The molecule has 0 atom stereocenters. The van der Waals surface area contributed by atoms with Crippen LogP contribution in [-0.4, -0.2) is 27.9 Å². The van der Waals surface area contributed by atoms with E-state index in [9.17, 15) is 4.79 Å². The minimum Gasteiger partial charge on any atom is -0.497 e. The number of aryl methyl sites for hydroxylation is 2. The number of benzene rings is 2. The molecule has 0 spiro atoms. The van der Waals surface area contributed by atoms with Gasteiger partial charge in [-0.3, -0.25) is 20.3 Å². The van der Waals surface area contributed by atoms with Gasteiger partial charge in [-0.15, -0.1) is 0 Å². The number of methoxy groups -OCH3 is 1. The molecule has 8 nitrogen and oxygen atoms in total. The summed E-state index contributed by atoms with van der Waals surface area (Å²) in [6.07, 6.45) is 0. The van der Waals surface area contributed by atoms with Gasteiger partial charge in [0.05, 0.1) is 7.11 Å². The second-order valence-electron chi connectivity index (χ2n) is 6.96. The van der Waals surface area contributed by atoms with Crippen LogP contribution < -0.4 is 25.6 Å². The Labute approximate surface area is 192 Å². The van der Waals surface area contributed by atoms with Crippen LogP contribution in [0, 0.1) is 6.92 Å². The van der Waals surface area contributed by atoms with Gasteiger partial charge in [-0.05, 0) is 49.3 Å². The molecule has 32 heavy (non-hydrogen) atoms. The summed E-state index contributed by atoms with van der Waals surface area (Å²) in [5, 5.41) is 7.77. The molecule has 0 fully saturated rings. The number of carbonyl (C=O) groups excluding carboxylic acids is 1. The van der Waals surface area contributed by atoms with Crippen molar-refractivity contribution in [1.29, 1.82) is 0 Å². The minimum atomic E-state index is -0.385. The Balaban J connectivity index is 1.59. The molecule has 0 radical (unpaired) electrons. The lowest BCUT2D eigenvalue weighted by Crippen LogP contribution is -2.47. The second-order valence-corrected chi connectivity index (χ2v) is 7.37. The molecule has 0 aliphatic rings. The number of amides is 1. The molecule has 2 aromatic carbocycles. The van der Waals surface area contributed by atoms with Gasteiger partial charge in [-0.1, -0.05) is 42.5 Å². The molecule has 0 aliphatic heterocycles. The molecule has 0 saturated carbocycles. The van der Waals surface area contributed by atoms with Crippen LogP contribution in [0.2, 0.25) is 0 Å². The highest BCUT2D eigenvalue weighted by Crippen LogP contribution is 2.24. The van der Waals surface area contributed by atoms with Crippen LogP contribution in [0.15, 0.2) is 54.6 Å². The summed E-state index contributed by atoms with van der Waals surface area (Å²) in [5.74, 6) is 0.853. The number of nitrogens with zero attached hydrogens (tertiary/aromatic N) is 2. The fourth-order valence-electron chi connectivity index (χ4n) is 3.06. The standard InChI is InChI=1S/C23H27N5O3S/c1-4-28-20(21(16(2)27-28)31-15-18-8-6-5-7-9-18)22(29)25-26-23(32)24-14-17-10-12-19(30-3)13-11-17/h5-13H,4,14-15H2,1-3H3,(H,25,29)(H2,24,26,32). The number of aromatic nitrogens is 2. The first-order valence-corrected chi connectivity index (χ1v) is 10.6. The fraction of sp³-hybridized carbons (Fsp3) is 0.261. The summed E-state index contributed by atoms with van der Waals surface area (Å²) in [4.78, 5) is 12.9. The summed E-state index contributed by atoms with van der Waals surface area (Å²) < 4.78 is 12.7. The predicted octanol–water partition coefficient (Wildman–Crippen LogP) is 3.11. The Hall–Kier alpha value is -3.59. The normalized spacial score (nSPS) is 10.3. The number of hydrazine groups is 1. The third-order valence-corrected chi connectivity index (χ3v) is 4.96. The van der Waals surface area contributed by atoms with Crippen LogP contribution in [0.1, 0.15) is 34.2 Å². The van der Waals surface area contributed by atoms with E-state index in [1.54, 1.807) is 11.8 Å². The molecule has 1 heterocycles. The smallest absolute Gasteiger partial charge is 0.291 e. The summed E-state index contributed by atoms with van der Waals surface area (Å²) >= 11 is 5.27. The van der Waals surface area contributed by atoms with E-state index in [1.807, 2.05) is 68.4 Å². The number of thiocarbonyl (C=S) groups is 1. The monoisotopic (exact) mass is 453 g/mol. The van der Waals surface area contributed by atoms with Crippen molar-refractivity contribution in [3.8, 4) is 11.5 Å². The van der Waals surface area contributed by atoms with Crippen LogP contribution in [-0.2, 0) is 19.7 Å². The summed E-state index contributed by atoms with van der Waals surface area (Å²) in [7, 11) is 1.62. The van der Waals surface area contributed by atoms with Crippen molar-refractivity contribution in [1.82, 2.24) is 25.9 Å². The predicted molar refractivity (Wildman–Crippen MR) is 126 cm³/mol. The highest BCUT2D eigenvalue weighted by atomic mass is 32.1. The highest BCUT2D eigenvalue weighted by molar-refractivity contribution is 7.80. The van der Waals surface area contributed by atoms with Crippen molar-refractivity contribution in [3.63, 3.8) is 0 Å². The zero-order chi connectivity index (χ0) is 22.9. The Morgan fingerprint density at radius 3 is 2.44 bits per heavy atom. The molecule has 168 valence electrons. The van der Waals surface area contributed by atoms with Crippen LogP contribution in [0.5, 0.6) is 11.5 Å². The van der Waals surface area contributed by atoms with Gasteiger partial charge in [0.1, 0.15) is 18.1 Å². The first-order chi connectivity index (χ1) is 15.5. The quantitative estimate of drug-likeness (QED) is 0.357. The van der Waals surface area contributed by atoms with Crippen LogP contribution in [0.4, 0.5) is 0 Å². The van der Waals surface area contributed by atoms with Crippen molar-refractivity contribution in [2.75, 3.05) is 7.11 Å². The summed E-state index contributed by atoms with van der Waals surface area (Å²) in [6.45, 7) is 5.10. The largest absolute Gasteiger partial charge is 0.497 e. The number of rotatable bonds is 8. The molecule has 1 aromatic heterocycles. The van der Waals surface area contributed by atoms with E-state index >= 15 is 0 Å². The topological polar surface area (TPSA) is 89.4 Å². The van der Waals surface area contributed by atoms with Crippen molar-refractivity contribution in [3.05, 3.63) is 77.1 Å². The lowest BCUT2D eigenvalue weighted by atomic mass is 10.2. The minimum absolute atomic E-state index is 0.292. The van der Waals surface area contributed by atoms with Gasteiger partial charge in [0.2, 0.25) is 0 Å². The van der Waals surface area contributed by atoms with Gasteiger partial charge in [-0.2, -0.15) is 5.10 Å². The maximum atomic E-state index is 12.9. The summed E-state index contributed by atoms with van der Waals surface area (Å²) in [6, 6.07) is 17.4. The first kappa shape index (κ1) is 23.1. The Bertz CT molecular complexity index is 1050. The molecular weight excluding hydrogens is 426 g/mol. The van der Waals surface area contributed by atoms with Crippen LogP contribution >= 0.6 is 12.2 Å². The van der Waals surface area contributed by atoms with Gasteiger partial charge >= 0.3 is 0 Å². The lowest BCUT2D eigenvalue weighted by molar-refractivity contribution is 0.0928. The fourth-order valence-corrected chi connectivity index (χ4v) is 3.18. The van der Waals surface area contributed by atoms with E-state index in [2.05, 4.69) is 21.3 Å². The van der Waals surface area contributed by atoms with E-state index in [4.69, 9.17) is 21.7 Å². The van der Waals surface area contributed by atoms with Gasteiger partial charge in [-0.25, -0.2) is 0 Å². The lowest BCUT2D eigenvalue weighted by Gasteiger charge is -2.13. The molecule has 0 aliphatic carbocycles. The molecular formula is C23H27N5O3S. The van der Waals surface area contributed by atoms with E-state index in [0.29, 0.717) is 41.9 Å². The third-order valence-electron chi connectivity index (χ3n) is 4.71. The van der Waals surface area contributed by atoms with Gasteiger partial charge in [0.25, 0.3) is 5.91 Å². The van der Waals surface area contributed by atoms with Crippen LogP contribution in [0.3, 0.4) is 0 Å². The maximum absolute atomic E-state index is 12.9. The van der Waals surface area contributed by atoms with Gasteiger partial charge < -0.3 is 14.8 Å². The average Bonchev–Trinajstić information content (AvgIpc) is 3.16. The highest BCUT2D eigenvalue weighted by Gasteiger charge is 2.23. The molecule has 9 heteroatoms. The summed E-state index contributed by atoms with van der Waals surface area (Å²) in [5.41, 5.74) is 8.38. The van der Waals surface area contributed by atoms with Gasteiger partial charge in [0.15, 0.2) is 16.6 Å². The Kier molecular flexibility index (Phi) is 8.04. The van der Waals surface area contributed by atoms with Crippen molar-refractivity contribution in [2.24, 2.45) is 0 Å². The van der Waals surface area contributed by atoms with Crippen molar-refractivity contribution < 1.29 is 14.3 Å². The van der Waals surface area contributed by atoms with Crippen molar-refractivity contribution in [2.45, 2.75) is 33.5 Å². The number of nitrogens with one attached hydrogen (secondary N) is 3. The molecule has 3 aromatic rings. The van der Waals surface area contributed by atoms with E-state index in [-0.39, 0.29) is 5.91 Å². The SMILES string of the molecule is CCn1nc(C)c(OCc2ccccc2)c1C(=O)NNC(=S)NCc1ccc(OC)cc1. The molecule has 3 N–H and O–H groups in total. The Morgan fingerprint density at radius 2 is 1.78 bits per heavy atom. The molecule has 1 amide bonds. The molecule has 3 rings (SSSR count). The number of carbonyl (C=O) groups is 1. The number of hydrogen-bond donors (Lipinski definition) is 3. The first-order valence-electron chi connectivity index (χ1n) is 10.2. The number of hydrogen-bond acceptors (Lipinski definition) is 5. The van der Waals surface area contributed by atoms with E-state index < -0.39 is 0 Å². The van der Waals surface area contributed by atoms with E-state index in [0.717, 1.165) is 16.9 Å². The molecule has 0 bridgehead atoms. The Morgan fingerprint density at radius 1 is 1.06 bits per heavy atom. The third kappa shape index (κ3) is 5.98. The van der Waals surface area contributed by atoms with Crippen LogP contribution in [0.25, 0.3) is 0 Å². The maximum Gasteiger partial charge on any atom is 0.291 e. The van der Waals surface area contributed by atoms with Gasteiger partial charge in [0, 0.05) is 13.1 Å². The zero-order valence-corrected chi connectivity index (χ0v) is 19.2. The second kappa shape index (κ2) is 11.1. The molecule has 0 saturated heterocycles. The average molecular weight is 454 g/mol. The van der Waals surface area contributed by atoms with Crippen molar-refractivity contribution >= 4 is 23.2 Å².